The molecule has 26 heavy (non-hydrogen) atoms. The second-order valence-electron chi connectivity index (χ2n) is 6.50. The van der Waals surface area contributed by atoms with Crippen molar-refractivity contribution in [3.05, 3.63) is 16.1 Å². The fraction of sp³-hybridized carbons (Fsp3) is 0.789. The van der Waals surface area contributed by atoms with Gasteiger partial charge in [-0.3, -0.25) is 4.99 Å². The molecule has 1 aromatic rings. The van der Waals surface area contributed by atoms with Crippen molar-refractivity contribution in [1.82, 2.24) is 15.6 Å². The molecule has 0 atom stereocenters. The molecule has 0 aromatic carbocycles. The topological polar surface area (TPSA) is 67.8 Å². The van der Waals surface area contributed by atoms with Crippen LogP contribution in [0.5, 0.6) is 0 Å². The van der Waals surface area contributed by atoms with Crippen LogP contribution in [0.25, 0.3) is 0 Å². The second-order valence-corrected chi connectivity index (χ2v) is 7.70. The summed E-state index contributed by atoms with van der Waals surface area (Å²) in [5.41, 5.74) is 0. The van der Waals surface area contributed by atoms with Crippen LogP contribution in [0.3, 0.4) is 0 Å². The molecule has 0 bridgehead atoms. The maximum Gasteiger partial charge on any atom is 0.191 e. The largest absolute Gasteiger partial charge is 0.381 e. The Kier molecular flexibility index (Phi) is 10.6. The monoisotopic (exact) mass is 382 g/mol. The molecule has 1 aliphatic rings. The van der Waals surface area contributed by atoms with Crippen molar-refractivity contribution in [1.29, 1.82) is 0 Å². The summed E-state index contributed by atoms with van der Waals surface area (Å²) in [5.74, 6) is 1.55. The first-order chi connectivity index (χ1) is 12.8. The summed E-state index contributed by atoms with van der Waals surface area (Å²) in [6, 6.07) is 0. The van der Waals surface area contributed by atoms with Crippen molar-refractivity contribution >= 4 is 17.3 Å². The van der Waals surface area contributed by atoms with Crippen molar-refractivity contribution in [3.63, 3.8) is 0 Å². The molecule has 6 nitrogen and oxygen atoms in total. The van der Waals surface area contributed by atoms with Crippen LogP contribution < -0.4 is 10.6 Å². The van der Waals surface area contributed by atoms with Crippen molar-refractivity contribution in [3.8, 4) is 0 Å². The van der Waals surface area contributed by atoms with E-state index in [9.17, 15) is 0 Å². The highest BCUT2D eigenvalue weighted by Gasteiger charge is 2.13. The molecule has 0 radical (unpaired) electrons. The Morgan fingerprint density at radius 2 is 2.19 bits per heavy atom. The zero-order valence-electron chi connectivity index (χ0n) is 16.3. The number of ether oxygens (including phenoxy) is 2. The quantitative estimate of drug-likeness (QED) is 0.350. The van der Waals surface area contributed by atoms with Gasteiger partial charge in [0.05, 0.1) is 5.01 Å². The number of guanidine groups is 1. The van der Waals surface area contributed by atoms with Crippen molar-refractivity contribution < 1.29 is 9.47 Å². The number of aryl methyl sites for hydroxylation is 1. The van der Waals surface area contributed by atoms with Gasteiger partial charge in [-0.2, -0.15) is 0 Å². The Morgan fingerprint density at radius 3 is 2.92 bits per heavy atom. The van der Waals surface area contributed by atoms with Crippen LogP contribution in [0.15, 0.2) is 11.2 Å². The second kappa shape index (κ2) is 13.1. The molecule has 0 spiro atoms. The molecule has 7 heteroatoms. The van der Waals surface area contributed by atoms with Gasteiger partial charge in [0.2, 0.25) is 0 Å². The van der Waals surface area contributed by atoms with Crippen LogP contribution >= 0.6 is 11.3 Å². The molecule has 1 aromatic heterocycles. The predicted molar refractivity (Wildman–Crippen MR) is 108 cm³/mol. The SMILES string of the molecule is CCNC(=NCCCOCC1CCOCC1)NCCc1ncc(CC)s1. The molecule has 0 unspecified atom stereocenters. The van der Waals surface area contributed by atoms with E-state index < -0.39 is 0 Å². The number of hydrogen-bond acceptors (Lipinski definition) is 5. The van der Waals surface area contributed by atoms with Crippen molar-refractivity contribution in [2.75, 3.05) is 46.1 Å². The minimum Gasteiger partial charge on any atom is -0.381 e. The van der Waals surface area contributed by atoms with Gasteiger partial charge in [-0.15, -0.1) is 11.3 Å². The summed E-state index contributed by atoms with van der Waals surface area (Å²) in [5, 5.41) is 7.87. The average Bonchev–Trinajstić information content (AvgIpc) is 3.13. The van der Waals surface area contributed by atoms with E-state index in [0.717, 1.165) is 84.1 Å². The van der Waals surface area contributed by atoms with Gasteiger partial charge in [-0.25, -0.2) is 4.98 Å². The highest BCUT2D eigenvalue weighted by atomic mass is 32.1. The summed E-state index contributed by atoms with van der Waals surface area (Å²) in [6.07, 6.45) is 7.19. The normalized spacial score (nSPS) is 16.0. The van der Waals surface area contributed by atoms with Gasteiger partial charge in [0.15, 0.2) is 5.96 Å². The lowest BCUT2D eigenvalue weighted by molar-refractivity contribution is 0.0205. The van der Waals surface area contributed by atoms with E-state index in [1.54, 1.807) is 11.3 Å². The Balaban J connectivity index is 1.57. The van der Waals surface area contributed by atoms with E-state index in [0.29, 0.717) is 5.92 Å². The number of hydrogen-bond donors (Lipinski definition) is 2. The molecule has 148 valence electrons. The summed E-state index contributed by atoms with van der Waals surface area (Å²) >= 11 is 1.80. The Morgan fingerprint density at radius 1 is 1.35 bits per heavy atom. The molecule has 1 fully saturated rings. The van der Waals surface area contributed by atoms with Gasteiger partial charge < -0.3 is 20.1 Å². The average molecular weight is 383 g/mol. The van der Waals surface area contributed by atoms with Gasteiger partial charge in [-0.1, -0.05) is 6.92 Å². The predicted octanol–water partition coefficient (Wildman–Crippen LogP) is 2.64. The van der Waals surface area contributed by atoms with Gasteiger partial charge >= 0.3 is 0 Å². The minimum absolute atomic E-state index is 0.672. The molecule has 0 amide bonds. The number of thiazole rings is 1. The van der Waals surface area contributed by atoms with Crippen LogP contribution in [0, 0.1) is 5.92 Å². The van der Waals surface area contributed by atoms with E-state index in [1.807, 2.05) is 6.20 Å². The number of nitrogens with one attached hydrogen (secondary N) is 2. The first-order valence-corrected chi connectivity index (χ1v) is 10.7. The standard InChI is InChI=1S/C19H34N4O2S/c1-3-17-14-23-18(26-17)6-10-22-19(20-4-2)21-9-5-11-25-15-16-7-12-24-13-8-16/h14,16H,3-13,15H2,1-2H3,(H2,20,21,22). The van der Waals surface area contributed by atoms with Crippen LogP contribution in [-0.4, -0.2) is 57.0 Å². The summed E-state index contributed by atoms with van der Waals surface area (Å²) in [7, 11) is 0. The number of rotatable bonds is 11. The third kappa shape index (κ3) is 8.47. The Hall–Kier alpha value is -1.18. The summed E-state index contributed by atoms with van der Waals surface area (Å²) in [4.78, 5) is 10.4. The van der Waals surface area contributed by atoms with Crippen LogP contribution in [0.4, 0.5) is 0 Å². The molecule has 2 heterocycles. The smallest absolute Gasteiger partial charge is 0.191 e. The van der Waals surface area contributed by atoms with E-state index in [2.05, 4.69) is 34.5 Å². The molecule has 0 aliphatic carbocycles. The van der Waals surface area contributed by atoms with Crippen molar-refractivity contribution in [2.24, 2.45) is 10.9 Å². The van der Waals surface area contributed by atoms with E-state index in [4.69, 9.17) is 9.47 Å². The third-order valence-electron chi connectivity index (χ3n) is 4.34. The van der Waals surface area contributed by atoms with Gasteiger partial charge in [-0.05, 0) is 38.5 Å². The lowest BCUT2D eigenvalue weighted by Gasteiger charge is -2.21. The minimum atomic E-state index is 0.672. The Labute approximate surface area is 161 Å². The maximum absolute atomic E-state index is 5.79. The molecule has 0 saturated carbocycles. The first-order valence-electron chi connectivity index (χ1n) is 9.93. The van der Waals surface area contributed by atoms with Crippen molar-refractivity contribution in [2.45, 2.75) is 46.0 Å². The molecule has 1 saturated heterocycles. The lowest BCUT2D eigenvalue weighted by atomic mass is 10.0. The lowest BCUT2D eigenvalue weighted by Crippen LogP contribution is -2.38. The van der Waals surface area contributed by atoms with Crippen LogP contribution in [0.2, 0.25) is 0 Å². The van der Waals surface area contributed by atoms with Crippen LogP contribution in [0.1, 0.15) is 43.0 Å². The molecular weight excluding hydrogens is 348 g/mol. The zero-order chi connectivity index (χ0) is 18.5. The molecule has 2 rings (SSSR count). The van der Waals surface area contributed by atoms with Crippen LogP contribution in [-0.2, 0) is 22.3 Å². The number of aromatic nitrogens is 1. The molecule has 1 aliphatic heterocycles. The van der Waals surface area contributed by atoms with E-state index in [1.165, 1.54) is 9.88 Å². The van der Waals surface area contributed by atoms with Gasteiger partial charge in [0, 0.05) is 63.6 Å². The molecule has 2 N–H and O–H groups in total. The maximum atomic E-state index is 5.79. The highest BCUT2D eigenvalue weighted by Crippen LogP contribution is 2.15. The zero-order valence-corrected chi connectivity index (χ0v) is 17.1. The molecular formula is C19H34N4O2S. The number of aliphatic imine (C=N–C) groups is 1. The Bertz CT molecular complexity index is 515. The summed E-state index contributed by atoms with van der Waals surface area (Å²) in [6.45, 7) is 10.2. The van der Waals surface area contributed by atoms with Gasteiger partial charge in [0.1, 0.15) is 0 Å². The first kappa shape index (κ1) is 21.1. The highest BCUT2D eigenvalue weighted by molar-refractivity contribution is 7.11. The van der Waals surface area contributed by atoms with Gasteiger partial charge in [0.25, 0.3) is 0 Å². The number of nitrogens with zero attached hydrogens (tertiary/aromatic N) is 2. The third-order valence-corrected chi connectivity index (χ3v) is 5.54. The van der Waals surface area contributed by atoms with E-state index in [-0.39, 0.29) is 0 Å². The van der Waals surface area contributed by atoms with E-state index >= 15 is 0 Å². The fourth-order valence-electron chi connectivity index (χ4n) is 2.78. The summed E-state index contributed by atoms with van der Waals surface area (Å²) < 4.78 is 11.2. The fourth-order valence-corrected chi connectivity index (χ4v) is 3.64.